The highest BCUT2D eigenvalue weighted by Crippen LogP contribution is 2.02. The summed E-state index contributed by atoms with van der Waals surface area (Å²) in [5.74, 6) is -0.00852. The Hall–Kier alpha value is -1.58. The molecular formula is C12H18N2O2. The zero-order chi connectivity index (χ0) is 11.8. The van der Waals surface area contributed by atoms with Crippen LogP contribution in [0.4, 0.5) is 0 Å². The molecule has 0 aliphatic carbocycles. The van der Waals surface area contributed by atoms with Gasteiger partial charge in [0.15, 0.2) is 5.76 Å². The molecule has 0 aliphatic heterocycles. The summed E-state index contributed by atoms with van der Waals surface area (Å²) >= 11 is 0. The lowest BCUT2D eigenvalue weighted by atomic mass is 10.1. The molecule has 0 spiro atoms. The van der Waals surface area contributed by atoms with Crippen LogP contribution in [0.25, 0.3) is 0 Å². The van der Waals surface area contributed by atoms with E-state index < -0.39 is 0 Å². The summed E-state index contributed by atoms with van der Waals surface area (Å²) in [4.78, 5) is 11.5. The van der Waals surface area contributed by atoms with Crippen molar-refractivity contribution in [2.24, 2.45) is 5.10 Å². The van der Waals surface area contributed by atoms with Crippen LogP contribution in [-0.2, 0) is 0 Å². The Morgan fingerprint density at radius 2 is 2.06 bits per heavy atom. The van der Waals surface area contributed by atoms with Gasteiger partial charge in [-0.25, -0.2) is 5.43 Å². The maximum Gasteiger partial charge on any atom is 0.307 e. The van der Waals surface area contributed by atoms with Crippen LogP contribution >= 0.6 is 0 Å². The second-order valence-electron chi connectivity index (χ2n) is 3.60. The van der Waals surface area contributed by atoms with E-state index in [1.165, 1.54) is 6.26 Å². The highest BCUT2D eigenvalue weighted by Gasteiger charge is 2.07. The fraction of sp³-hybridized carbons (Fsp3) is 0.500. The van der Waals surface area contributed by atoms with Crippen molar-refractivity contribution in [1.29, 1.82) is 0 Å². The molecule has 0 aromatic carbocycles. The van der Waals surface area contributed by atoms with Gasteiger partial charge in [0.25, 0.3) is 0 Å². The van der Waals surface area contributed by atoms with E-state index in [-0.39, 0.29) is 11.7 Å². The van der Waals surface area contributed by atoms with E-state index >= 15 is 0 Å². The number of rotatable bonds is 6. The Morgan fingerprint density at radius 3 is 2.56 bits per heavy atom. The lowest BCUT2D eigenvalue weighted by molar-refractivity contribution is 0.0927. The normalized spacial score (nSPS) is 9.88. The van der Waals surface area contributed by atoms with Gasteiger partial charge in [-0.05, 0) is 25.0 Å². The number of hydrazone groups is 1. The Labute approximate surface area is 95.7 Å². The van der Waals surface area contributed by atoms with Crippen LogP contribution in [0, 0.1) is 0 Å². The van der Waals surface area contributed by atoms with Crippen molar-refractivity contribution in [3.63, 3.8) is 0 Å². The molecule has 0 bridgehead atoms. The first-order valence-corrected chi connectivity index (χ1v) is 5.67. The van der Waals surface area contributed by atoms with Crippen molar-refractivity contribution >= 4 is 11.6 Å². The van der Waals surface area contributed by atoms with Crippen LogP contribution in [-0.4, -0.2) is 11.6 Å². The van der Waals surface area contributed by atoms with Crippen molar-refractivity contribution in [3.05, 3.63) is 24.2 Å². The molecule has 0 radical (unpaired) electrons. The van der Waals surface area contributed by atoms with E-state index in [2.05, 4.69) is 24.4 Å². The predicted octanol–water partition coefficient (Wildman–Crippen LogP) is 2.97. The molecule has 1 aromatic heterocycles. The first kappa shape index (κ1) is 12.5. The summed E-state index contributed by atoms with van der Waals surface area (Å²) < 4.78 is 4.97. The van der Waals surface area contributed by atoms with Gasteiger partial charge in [0.1, 0.15) is 0 Å². The second-order valence-corrected chi connectivity index (χ2v) is 3.60. The highest BCUT2D eigenvalue weighted by molar-refractivity contribution is 5.93. The molecule has 16 heavy (non-hydrogen) atoms. The second kappa shape index (κ2) is 6.82. The molecule has 0 saturated carbocycles. The summed E-state index contributed by atoms with van der Waals surface area (Å²) in [5, 5.41) is 4.12. The van der Waals surface area contributed by atoms with Crippen LogP contribution < -0.4 is 5.43 Å². The van der Waals surface area contributed by atoms with E-state index in [0.29, 0.717) is 0 Å². The fourth-order valence-corrected chi connectivity index (χ4v) is 1.41. The third kappa shape index (κ3) is 3.88. The van der Waals surface area contributed by atoms with E-state index in [1.807, 2.05) is 0 Å². The SMILES string of the molecule is CCCC(CCC)=NNC(=O)c1ccco1. The minimum absolute atomic E-state index is 0.288. The number of carbonyl (C=O) groups excluding carboxylic acids is 1. The summed E-state index contributed by atoms with van der Waals surface area (Å²) in [6, 6.07) is 3.29. The van der Waals surface area contributed by atoms with Crippen LogP contribution in [0.1, 0.15) is 50.1 Å². The Kier molecular flexibility index (Phi) is 5.32. The predicted molar refractivity (Wildman–Crippen MR) is 63.4 cm³/mol. The third-order valence-corrected chi connectivity index (χ3v) is 2.14. The maximum atomic E-state index is 11.5. The maximum absolute atomic E-state index is 11.5. The van der Waals surface area contributed by atoms with Crippen molar-refractivity contribution in [2.75, 3.05) is 0 Å². The minimum atomic E-state index is -0.297. The molecule has 0 fully saturated rings. The summed E-state index contributed by atoms with van der Waals surface area (Å²) in [6.07, 6.45) is 5.39. The summed E-state index contributed by atoms with van der Waals surface area (Å²) in [7, 11) is 0. The highest BCUT2D eigenvalue weighted by atomic mass is 16.3. The first-order chi connectivity index (χ1) is 7.77. The van der Waals surface area contributed by atoms with Gasteiger partial charge in [-0.15, -0.1) is 0 Å². The zero-order valence-electron chi connectivity index (χ0n) is 9.82. The van der Waals surface area contributed by atoms with Gasteiger partial charge < -0.3 is 4.42 Å². The number of amides is 1. The van der Waals surface area contributed by atoms with Crippen LogP contribution in [0.15, 0.2) is 27.9 Å². The topological polar surface area (TPSA) is 54.6 Å². The van der Waals surface area contributed by atoms with Crippen molar-refractivity contribution < 1.29 is 9.21 Å². The Balaban J connectivity index is 2.52. The van der Waals surface area contributed by atoms with E-state index in [9.17, 15) is 4.79 Å². The van der Waals surface area contributed by atoms with Crippen LogP contribution in [0.2, 0.25) is 0 Å². The number of hydrogen-bond donors (Lipinski definition) is 1. The van der Waals surface area contributed by atoms with E-state index in [1.54, 1.807) is 12.1 Å². The van der Waals surface area contributed by atoms with Gasteiger partial charge in [-0.2, -0.15) is 5.10 Å². The van der Waals surface area contributed by atoms with E-state index in [4.69, 9.17) is 4.42 Å². The molecular weight excluding hydrogens is 204 g/mol. The quantitative estimate of drug-likeness (QED) is 0.594. The lowest BCUT2D eigenvalue weighted by Crippen LogP contribution is -2.19. The molecule has 4 nitrogen and oxygen atoms in total. The van der Waals surface area contributed by atoms with Crippen molar-refractivity contribution in [1.82, 2.24) is 5.43 Å². The largest absolute Gasteiger partial charge is 0.459 e. The number of nitrogens with zero attached hydrogens (tertiary/aromatic N) is 1. The standard InChI is InChI=1S/C12H18N2O2/c1-3-6-10(7-4-2)13-14-12(15)11-8-5-9-16-11/h5,8-9H,3-4,6-7H2,1-2H3,(H,14,15). The molecule has 1 aromatic rings. The summed E-state index contributed by atoms with van der Waals surface area (Å²) in [5.41, 5.74) is 3.54. The van der Waals surface area contributed by atoms with Gasteiger partial charge in [0.2, 0.25) is 0 Å². The number of furan rings is 1. The van der Waals surface area contributed by atoms with Crippen LogP contribution in [0.5, 0.6) is 0 Å². The van der Waals surface area contributed by atoms with Crippen molar-refractivity contribution in [3.8, 4) is 0 Å². The van der Waals surface area contributed by atoms with E-state index in [0.717, 1.165) is 31.4 Å². The van der Waals surface area contributed by atoms with Gasteiger partial charge >= 0.3 is 5.91 Å². The number of carbonyl (C=O) groups is 1. The lowest BCUT2D eigenvalue weighted by Gasteiger charge is -2.03. The van der Waals surface area contributed by atoms with Gasteiger partial charge in [0.05, 0.1) is 6.26 Å². The summed E-state index contributed by atoms with van der Waals surface area (Å²) in [6.45, 7) is 4.19. The van der Waals surface area contributed by atoms with Crippen molar-refractivity contribution in [2.45, 2.75) is 39.5 Å². The van der Waals surface area contributed by atoms with Gasteiger partial charge in [0, 0.05) is 5.71 Å². The minimum Gasteiger partial charge on any atom is -0.459 e. The molecule has 1 amide bonds. The smallest absolute Gasteiger partial charge is 0.307 e. The molecule has 0 atom stereocenters. The first-order valence-electron chi connectivity index (χ1n) is 5.67. The number of hydrogen-bond acceptors (Lipinski definition) is 3. The van der Waals surface area contributed by atoms with Gasteiger partial charge in [-0.3, -0.25) is 4.79 Å². The van der Waals surface area contributed by atoms with Gasteiger partial charge in [-0.1, -0.05) is 26.7 Å². The average Bonchev–Trinajstić information content (AvgIpc) is 2.79. The Morgan fingerprint density at radius 1 is 1.38 bits per heavy atom. The molecule has 1 rings (SSSR count). The number of nitrogens with one attached hydrogen (secondary N) is 1. The molecule has 4 heteroatoms. The third-order valence-electron chi connectivity index (χ3n) is 2.14. The fourth-order valence-electron chi connectivity index (χ4n) is 1.41. The molecule has 0 aliphatic rings. The van der Waals surface area contributed by atoms with Crippen LogP contribution in [0.3, 0.4) is 0 Å². The molecule has 0 saturated heterocycles. The molecule has 1 heterocycles. The zero-order valence-corrected chi connectivity index (χ0v) is 9.82. The molecule has 1 N–H and O–H groups in total. The monoisotopic (exact) mass is 222 g/mol. The molecule has 88 valence electrons. The Bertz CT molecular complexity index is 334. The molecule has 0 unspecified atom stereocenters. The average molecular weight is 222 g/mol.